The first-order valence-electron chi connectivity index (χ1n) is 7.71. The van der Waals surface area contributed by atoms with Gasteiger partial charge < -0.3 is 4.57 Å². The van der Waals surface area contributed by atoms with E-state index in [9.17, 15) is 0 Å². The zero-order chi connectivity index (χ0) is 14.9. The first kappa shape index (κ1) is 14.1. The van der Waals surface area contributed by atoms with Crippen LogP contribution in [0, 0.1) is 0 Å². The third kappa shape index (κ3) is 2.81. The Kier molecular flexibility index (Phi) is 3.73. The lowest BCUT2D eigenvalue weighted by Gasteiger charge is -2.40. The summed E-state index contributed by atoms with van der Waals surface area (Å²) in [7, 11) is -1.52. The second-order valence-electron chi connectivity index (χ2n) is 6.63. The molecule has 0 aliphatic heterocycles. The second-order valence-corrected chi connectivity index (χ2v) is 11.4. The normalized spacial score (nSPS) is 14.3. The quantitative estimate of drug-likeness (QED) is 0.693. The second kappa shape index (κ2) is 5.53. The molecule has 0 heterocycles. The van der Waals surface area contributed by atoms with Gasteiger partial charge in [-0.15, -0.1) is 0 Å². The maximum atomic E-state index is 2.60. The molecule has 2 aromatic rings. The molecule has 3 rings (SSSR count). The Balaban J connectivity index is 2.12. The Hall–Kier alpha value is -1.80. The van der Waals surface area contributed by atoms with E-state index >= 15 is 0 Å². The van der Waals surface area contributed by atoms with Crippen molar-refractivity contribution >= 4 is 19.6 Å². The van der Waals surface area contributed by atoms with Crippen LogP contribution < -0.4 is 4.57 Å². The SMILES string of the molecule is C[Si](C)(C)N(C1=CCCc2ccccc21)c1ccccc1. The molecule has 21 heavy (non-hydrogen) atoms. The molecule has 1 nitrogen and oxygen atoms in total. The van der Waals surface area contributed by atoms with Crippen LogP contribution in [0.2, 0.25) is 19.6 Å². The number of para-hydroxylation sites is 1. The van der Waals surface area contributed by atoms with Gasteiger partial charge in [0.25, 0.3) is 0 Å². The Bertz CT molecular complexity index is 653. The molecule has 0 amide bonds. The molecule has 1 aliphatic carbocycles. The molecule has 0 saturated carbocycles. The van der Waals surface area contributed by atoms with Gasteiger partial charge in [0.15, 0.2) is 8.24 Å². The fraction of sp³-hybridized carbons (Fsp3) is 0.263. The smallest absolute Gasteiger partial charge is 0.153 e. The van der Waals surface area contributed by atoms with Crippen LogP contribution in [0.1, 0.15) is 17.5 Å². The number of fused-ring (bicyclic) bond motifs is 1. The summed E-state index contributed by atoms with van der Waals surface area (Å²) in [4.78, 5) is 0. The first-order chi connectivity index (χ1) is 10.1. The van der Waals surface area contributed by atoms with Crippen LogP contribution in [0.25, 0.3) is 5.70 Å². The minimum absolute atomic E-state index is 1.14. The summed E-state index contributed by atoms with van der Waals surface area (Å²) in [5.74, 6) is 0. The molecule has 1 aliphatic rings. The fourth-order valence-electron chi connectivity index (χ4n) is 3.14. The van der Waals surface area contributed by atoms with Crippen LogP contribution in [0.3, 0.4) is 0 Å². The number of anilines is 1. The molecule has 0 spiro atoms. The van der Waals surface area contributed by atoms with Crippen molar-refractivity contribution in [1.29, 1.82) is 0 Å². The lowest BCUT2D eigenvalue weighted by Crippen LogP contribution is -2.45. The van der Waals surface area contributed by atoms with E-state index in [0.717, 1.165) is 12.8 Å². The largest absolute Gasteiger partial charge is 0.369 e. The van der Waals surface area contributed by atoms with E-state index in [4.69, 9.17) is 0 Å². The van der Waals surface area contributed by atoms with Crippen molar-refractivity contribution < 1.29 is 0 Å². The molecule has 0 unspecified atom stereocenters. The zero-order valence-corrected chi connectivity index (χ0v) is 14.1. The molecule has 0 fully saturated rings. The fourth-order valence-corrected chi connectivity index (χ4v) is 5.00. The first-order valence-corrected chi connectivity index (χ1v) is 11.2. The summed E-state index contributed by atoms with van der Waals surface area (Å²) in [5, 5.41) is 0. The van der Waals surface area contributed by atoms with Crippen LogP contribution in [0.5, 0.6) is 0 Å². The van der Waals surface area contributed by atoms with E-state index < -0.39 is 8.24 Å². The highest BCUT2D eigenvalue weighted by Gasteiger charge is 2.29. The molecule has 0 aromatic heterocycles. The topological polar surface area (TPSA) is 3.24 Å². The molecule has 0 N–H and O–H groups in total. The Labute approximate surface area is 129 Å². The van der Waals surface area contributed by atoms with Gasteiger partial charge in [-0.25, -0.2) is 0 Å². The van der Waals surface area contributed by atoms with Gasteiger partial charge in [-0.05, 0) is 30.5 Å². The molecule has 2 heteroatoms. The summed E-state index contributed by atoms with van der Waals surface area (Å²) < 4.78 is 2.60. The van der Waals surface area contributed by atoms with Crippen molar-refractivity contribution in [1.82, 2.24) is 0 Å². The van der Waals surface area contributed by atoms with E-state index in [1.54, 1.807) is 0 Å². The predicted octanol–water partition coefficient (Wildman–Crippen LogP) is 5.32. The maximum Gasteiger partial charge on any atom is 0.153 e. The van der Waals surface area contributed by atoms with Crippen LogP contribution >= 0.6 is 0 Å². The van der Waals surface area contributed by atoms with Crippen LogP contribution in [0.15, 0.2) is 60.7 Å². The van der Waals surface area contributed by atoms with Gasteiger partial charge >= 0.3 is 0 Å². The van der Waals surface area contributed by atoms with Crippen molar-refractivity contribution in [3.63, 3.8) is 0 Å². The Morgan fingerprint density at radius 2 is 1.52 bits per heavy atom. The number of benzene rings is 2. The van der Waals surface area contributed by atoms with Crippen LogP contribution in [-0.2, 0) is 6.42 Å². The van der Waals surface area contributed by atoms with Gasteiger partial charge in [0.2, 0.25) is 0 Å². The number of hydrogen-bond donors (Lipinski definition) is 0. The monoisotopic (exact) mass is 293 g/mol. The predicted molar refractivity (Wildman–Crippen MR) is 95.0 cm³/mol. The maximum absolute atomic E-state index is 2.60. The van der Waals surface area contributed by atoms with Crippen molar-refractivity contribution in [3.05, 3.63) is 71.8 Å². The van der Waals surface area contributed by atoms with Gasteiger partial charge in [0.05, 0.1) is 0 Å². The number of aryl methyl sites for hydroxylation is 1. The number of hydrogen-bond acceptors (Lipinski definition) is 1. The standard InChI is InChI=1S/C19H23NSi/c1-21(2,3)20(17-12-5-4-6-13-17)19-15-9-11-16-10-7-8-14-18(16)19/h4-8,10,12-15H,9,11H2,1-3H3. The van der Waals surface area contributed by atoms with E-state index in [2.05, 4.69) is 84.9 Å². The van der Waals surface area contributed by atoms with Crippen LogP contribution in [-0.4, -0.2) is 8.24 Å². The lowest BCUT2D eigenvalue weighted by molar-refractivity contribution is 0.969. The zero-order valence-electron chi connectivity index (χ0n) is 13.1. The van der Waals surface area contributed by atoms with Gasteiger partial charge in [-0.3, -0.25) is 0 Å². The average Bonchev–Trinajstić information content (AvgIpc) is 2.47. The summed E-state index contributed by atoms with van der Waals surface area (Å²) >= 11 is 0. The minimum Gasteiger partial charge on any atom is -0.369 e. The van der Waals surface area contributed by atoms with E-state index in [1.807, 2.05) is 0 Å². The third-order valence-corrected chi connectivity index (χ3v) is 5.81. The highest BCUT2D eigenvalue weighted by molar-refractivity contribution is 6.81. The number of rotatable bonds is 3. The average molecular weight is 293 g/mol. The van der Waals surface area contributed by atoms with Crippen molar-refractivity contribution in [2.45, 2.75) is 32.5 Å². The van der Waals surface area contributed by atoms with Crippen LogP contribution in [0.4, 0.5) is 5.69 Å². The van der Waals surface area contributed by atoms with Crippen molar-refractivity contribution in [2.24, 2.45) is 0 Å². The Morgan fingerprint density at radius 3 is 2.24 bits per heavy atom. The number of nitrogens with zero attached hydrogens (tertiary/aromatic N) is 1. The third-order valence-electron chi connectivity index (χ3n) is 3.97. The van der Waals surface area contributed by atoms with Crippen molar-refractivity contribution in [2.75, 3.05) is 4.57 Å². The summed E-state index contributed by atoms with van der Waals surface area (Å²) in [6, 6.07) is 19.7. The molecular formula is C19H23NSi. The highest BCUT2D eigenvalue weighted by atomic mass is 28.3. The van der Waals surface area contributed by atoms with E-state index in [-0.39, 0.29) is 0 Å². The van der Waals surface area contributed by atoms with E-state index in [1.165, 1.54) is 22.5 Å². The Morgan fingerprint density at radius 1 is 0.857 bits per heavy atom. The molecule has 108 valence electrons. The van der Waals surface area contributed by atoms with Gasteiger partial charge in [-0.1, -0.05) is 68.2 Å². The summed E-state index contributed by atoms with van der Waals surface area (Å²) in [6.45, 7) is 7.24. The lowest BCUT2D eigenvalue weighted by atomic mass is 9.94. The number of allylic oxidation sites excluding steroid dienone is 1. The summed E-state index contributed by atoms with van der Waals surface area (Å²) in [6.07, 6.45) is 4.72. The van der Waals surface area contributed by atoms with Gasteiger partial charge in [-0.2, -0.15) is 0 Å². The van der Waals surface area contributed by atoms with Gasteiger partial charge in [0.1, 0.15) is 0 Å². The van der Waals surface area contributed by atoms with E-state index in [0.29, 0.717) is 0 Å². The summed E-state index contributed by atoms with van der Waals surface area (Å²) in [5.41, 5.74) is 5.62. The minimum atomic E-state index is -1.52. The molecule has 2 aromatic carbocycles. The molecule has 0 bridgehead atoms. The molecule has 0 saturated heterocycles. The molecular weight excluding hydrogens is 270 g/mol. The highest BCUT2D eigenvalue weighted by Crippen LogP contribution is 2.36. The molecule has 0 atom stereocenters. The van der Waals surface area contributed by atoms with Crippen molar-refractivity contribution in [3.8, 4) is 0 Å². The van der Waals surface area contributed by atoms with Gasteiger partial charge in [0, 0.05) is 16.9 Å². The molecule has 0 radical (unpaired) electrons.